The summed E-state index contributed by atoms with van der Waals surface area (Å²) >= 11 is 0. The van der Waals surface area contributed by atoms with Gasteiger partial charge in [0.25, 0.3) is 5.97 Å². The van der Waals surface area contributed by atoms with Crippen LogP contribution >= 0.6 is 0 Å². The van der Waals surface area contributed by atoms with Crippen molar-refractivity contribution in [2.24, 2.45) is 0 Å². The van der Waals surface area contributed by atoms with Crippen molar-refractivity contribution in [3.8, 4) is 0 Å². The van der Waals surface area contributed by atoms with E-state index < -0.39 is 8.32 Å². The van der Waals surface area contributed by atoms with Crippen LogP contribution < -0.4 is 0 Å². The fourth-order valence-electron chi connectivity index (χ4n) is 1.05. The number of rotatable bonds is 3. The Morgan fingerprint density at radius 3 is 2.71 bits per heavy atom. The van der Waals surface area contributed by atoms with Crippen molar-refractivity contribution in [2.45, 2.75) is 26.1 Å². The van der Waals surface area contributed by atoms with Gasteiger partial charge in [-0.15, -0.1) is 0 Å². The first-order valence-electron chi connectivity index (χ1n) is 4.58. The molecule has 0 aromatic carbocycles. The van der Waals surface area contributed by atoms with Crippen molar-refractivity contribution in [1.29, 1.82) is 0 Å². The second-order valence-corrected chi connectivity index (χ2v) is 8.55. The SMILES string of the molecule is C[Si](C)(C)OC(=O)Cc1cccnc1. The molecule has 1 aromatic rings. The van der Waals surface area contributed by atoms with Gasteiger partial charge < -0.3 is 4.43 Å². The lowest BCUT2D eigenvalue weighted by Crippen LogP contribution is -2.29. The number of hydrogen-bond donors (Lipinski definition) is 0. The highest BCUT2D eigenvalue weighted by molar-refractivity contribution is 6.71. The second-order valence-electron chi connectivity index (χ2n) is 4.12. The minimum absolute atomic E-state index is 0.155. The highest BCUT2D eigenvalue weighted by Gasteiger charge is 2.19. The van der Waals surface area contributed by atoms with Gasteiger partial charge in [-0.25, -0.2) is 0 Å². The Morgan fingerprint density at radius 2 is 2.21 bits per heavy atom. The van der Waals surface area contributed by atoms with Crippen LogP contribution in [0.1, 0.15) is 5.56 Å². The summed E-state index contributed by atoms with van der Waals surface area (Å²) in [6, 6.07) is 3.69. The Balaban J connectivity index is 2.50. The van der Waals surface area contributed by atoms with Gasteiger partial charge in [0.15, 0.2) is 0 Å². The van der Waals surface area contributed by atoms with Crippen molar-refractivity contribution >= 4 is 14.3 Å². The largest absolute Gasteiger partial charge is 0.520 e. The third-order valence-electron chi connectivity index (χ3n) is 1.49. The lowest BCUT2D eigenvalue weighted by molar-refractivity contribution is -0.134. The third kappa shape index (κ3) is 4.18. The molecule has 1 rings (SSSR count). The minimum Gasteiger partial charge on any atom is -0.520 e. The van der Waals surface area contributed by atoms with Crippen molar-refractivity contribution in [3.05, 3.63) is 30.1 Å². The smallest absolute Gasteiger partial charge is 0.296 e. The van der Waals surface area contributed by atoms with Gasteiger partial charge in [0.05, 0.1) is 6.42 Å². The van der Waals surface area contributed by atoms with E-state index in [0.717, 1.165) is 5.56 Å². The molecule has 3 nitrogen and oxygen atoms in total. The Morgan fingerprint density at radius 1 is 1.50 bits per heavy atom. The highest BCUT2D eigenvalue weighted by Crippen LogP contribution is 2.06. The normalized spacial score (nSPS) is 11.1. The summed E-state index contributed by atoms with van der Waals surface area (Å²) in [6.45, 7) is 5.98. The van der Waals surface area contributed by atoms with Crippen molar-refractivity contribution in [2.75, 3.05) is 0 Å². The van der Waals surface area contributed by atoms with E-state index in [0.29, 0.717) is 6.42 Å². The van der Waals surface area contributed by atoms with Gasteiger partial charge >= 0.3 is 0 Å². The van der Waals surface area contributed by atoms with Crippen LogP contribution in [0.2, 0.25) is 19.6 Å². The molecule has 4 heteroatoms. The minimum atomic E-state index is -1.74. The first-order chi connectivity index (χ1) is 6.47. The summed E-state index contributed by atoms with van der Waals surface area (Å²) < 4.78 is 5.31. The molecule has 0 aliphatic rings. The van der Waals surface area contributed by atoms with Crippen molar-refractivity contribution in [1.82, 2.24) is 4.98 Å². The third-order valence-corrected chi connectivity index (χ3v) is 2.33. The molecule has 0 saturated heterocycles. The number of carbonyl (C=O) groups is 1. The first kappa shape index (κ1) is 10.9. The topological polar surface area (TPSA) is 39.2 Å². The number of hydrogen-bond acceptors (Lipinski definition) is 3. The van der Waals surface area contributed by atoms with Gasteiger partial charge in [0.2, 0.25) is 8.32 Å². The van der Waals surface area contributed by atoms with E-state index >= 15 is 0 Å². The average molecular weight is 209 g/mol. The molecular weight excluding hydrogens is 194 g/mol. The average Bonchev–Trinajstić information content (AvgIpc) is 2.02. The van der Waals surface area contributed by atoms with Crippen LogP contribution in [-0.4, -0.2) is 19.3 Å². The summed E-state index contributed by atoms with van der Waals surface area (Å²) in [5.41, 5.74) is 0.899. The molecule has 0 fully saturated rings. The standard InChI is InChI=1S/C10H15NO2Si/c1-14(2,3)13-10(12)7-9-5-4-6-11-8-9/h4-6,8H,7H2,1-3H3. The van der Waals surface area contributed by atoms with Crippen LogP contribution in [0, 0.1) is 0 Å². The number of aromatic nitrogens is 1. The fraction of sp³-hybridized carbons (Fsp3) is 0.400. The fourth-order valence-corrected chi connectivity index (χ4v) is 1.80. The first-order valence-corrected chi connectivity index (χ1v) is 7.99. The molecule has 0 saturated carbocycles. The van der Waals surface area contributed by atoms with Crippen LogP contribution in [0.5, 0.6) is 0 Å². The molecule has 0 aliphatic heterocycles. The molecule has 0 spiro atoms. The molecule has 14 heavy (non-hydrogen) atoms. The Hall–Kier alpha value is -1.16. The molecule has 0 radical (unpaired) electrons. The molecule has 0 unspecified atom stereocenters. The lowest BCUT2D eigenvalue weighted by atomic mass is 10.2. The molecule has 0 bridgehead atoms. The molecule has 1 heterocycles. The highest BCUT2D eigenvalue weighted by atomic mass is 28.4. The molecule has 0 N–H and O–H groups in total. The molecule has 1 aromatic heterocycles. The van der Waals surface area contributed by atoms with Crippen LogP contribution in [0.25, 0.3) is 0 Å². The van der Waals surface area contributed by atoms with Gasteiger partial charge in [-0.3, -0.25) is 9.78 Å². The van der Waals surface area contributed by atoms with E-state index in [1.807, 2.05) is 31.8 Å². The van der Waals surface area contributed by atoms with Crippen LogP contribution in [0.15, 0.2) is 24.5 Å². The van der Waals surface area contributed by atoms with Crippen molar-refractivity contribution in [3.63, 3.8) is 0 Å². The maximum absolute atomic E-state index is 11.4. The van der Waals surface area contributed by atoms with E-state index in [9.17, 15) is 4.79 Å². The molecule has 0 atom stereocenters. The van der Waals surface area contributed by atoms with Crippen LogP contribution in [0.3, 0.4) is 0 Å². The van der Waals surface area contributed by atoms with E-state index in [1.165, 1.54) is 0 Å². The van der Waals surface area contributed by atoms with E-state index in [1.54, 1.807) is 12.4 Å². The molecule has 76 valence electrons. The Bertz CT molecular complexity index is 306. The summed E-state index contributed by atoms with van der Waals surface area (Å²) in [7, 11) is -1.74. The predicted molar refractivity (Wildman–Crippen MR) is 57.4 cm³/mol. The quantitative estimate of drug-likeness (QED) is 0.715. The Labute approximate surface area is 85.3 Å². The van der Waals surface area contributed by atoms with Gasteiger partial charge in [0.1, 0.15) is 0 Å². The maximum atomic E-state index is 11.4. The van der Waals surface area contributed by atoms with Gasteiger partial charge in [-0.2, -0.15) is 0 Å². The maximum Gasteiger partial charge on any atom is 0.296 e. The monoisotopic (exact) mass is 209 g/mol. The summed E-state index contributed by atoms with van der Waals surface area (Å²) in [4.78, 5) is 15.4. The molecule has 0 aliphatic carbocycles. The number of carbonyl (C=O) groups excluding carboxylic acids is 1. The van der Waals surface area contributed by atoms with E-state index in [-0.39, 0.29) is 5.97 Å². The number of pyridine rings is 1. The lowest BCUT2D eigenvalue weighted by Gasteiger charge is -2.17. The second kappa shape index (κ2) is 4.37. The van der Waals surface area contributed by atoms with Crippen LogP contribution in [-0.2, 0) is 15.6 Å². The summed E-state index contributed by atoms with van der Waals surface area (Å²) in [5.74, 6) is -0.155. The van der Waals surface area contributed by atoms with E-state index in [4.69, 9.17) is 4.43 Å². The predicted octanol–water partition coefficient (Wildman–Crippen LogP) is 2.00. The van der Waals surface area contributed by atoms with Gasteiger partial charge in [-0.1, -0.05) is 6.07 Å². The zero-order valence-electron chi connectivity index (χ0n) is 8.78. The molecular formula is C10H15NO2Si. The summed E-state index contributed by atoms with van der Waals surface area (Å²) in [5, 5.41) is 0. The Kier molecular flexibility index (Phi) is 3.41. The van der Waals surface area contributed by atoms with E-state index in [2.05, 4.69) is 4.98 Å². The zero-order chi connectivity index (χ0) is 10.6. The summed E-state index contributed by atoms with van der Waals surface area (Å²) in [6.07, 6.45) is 3.69. The van der Waals surface area contributed by atoms with Gasteiger partial charge in [0, 0.05) is 12.4 Å². The zero-order valence-corrected chi connectivity index (χ0v) is 9.78. The van der Waals surface area contributed by atoms with Crippen LogP contribution in [0.4, 0.5) is 0 Å². The number of nitrogens with zero attached hydrogens (tertiary/aromatic N) is 1. The molecule has 0 amide bonds. The van der Waals surface area contributed by atoms with Crippen molar-refractivity contribution < 1.29 is 9.22 Å². The van der Waals surface area contributed by atoms with Gasteiger partial charge in [-0.05, 0) is 31.3 Å².